The second-order valence-electron chi connectivity index (χ2n) is 7.17. The third kappa shape index (κ3) is 5.29. The molecule has 2 aromatic carbocycles. The average molecular weight is 412 g/mol. The highest BCUT2D eigenvalue weighted by atomic mass is 32.1. The molecule has 29 heavy (non-hydrogen) atoms. The van der Waals surface area contributed by atoms with Crippen molar-refractivity contribution < 1.29 is 19.3 Å². The first kappa shape index (κ1) is 19.8. The molecule has 5 nitrogen and oxygen atoms in total. The number of thiophene rings is 1. The topological polar surface area (TPSA) is 51.2 Å². The van der Waals surface area contributed by atoms with Crippen LogP contribution in [0.5, 0.6) is 17.2 Å². The molecule has 0 spiro atoms. The smallest absolute Gasteiger partial charge is 0.231 e. The highest BCUT2D eigenvalue weighted by Crippen LogP contribution is 2.33. The second-order valence-corrected chi connectivity index (χ2v) is 8.20. The van der Waals surface area contributed by atoms with Crippen LogP contribution >= 0.6 is 11.3 Å². The Morgan fingerprint density at radius 2 is 1.93 bits per heavy atom. The molecule has 0 saturated carbocycles. The first-order chi connectivity index (χ1) is 14.2. The van der Waals surface area contributed by atoms with Crippen molar-refractivity contribution in [1.82, 2.24) is 4.90 Å². The lowest BCUT2D eigenvalue weighted by Crippen LogP contribution is -2.35. The first-order valence-electron chi connectivity index (χ1n) is 9.67. The Morgan fingerprint density at radius 1 is 1.07 bits per heavy atom. The van der Waals surface area contributed by atoms with E-state index in [2.05, 4.69) is 22.4 Å². The van der Waals surface area contributed by atoms with E-state index < -0.39 is 6.10 Å². The number of hydrogen-bond donors (Lipinski definition) is 1. The fourth-order valence-electron chi connectivity index (χ4n) is 3.36. The van der Waals surface area contributed by atoms with E-state index >= 15 is 0 Å². The lowest BCUT2D eigenvalue weighted by atomic mass is 10.1. The summed E-state index contributed by atoms with van der Waals surface area (Å²) in [4.78, 5) is 3.49. The number of rotatable bonds is 9. The normalized spacial score (nSPS) is 13.6. The molecule has 1 N–H and O–H groups in total. The summed E-state index contributed by atoms with van der Waals surface area (Å²) in [6.45, 7) is 4.52. The van der Waals surface area contributed by atoms with E-state index in [1.54, 1.807) is 11.3 Å². The van der Waals surface area contributed by atoms with E-state index in [-0.39, 0.29) is 13.4 Å². The van der Waals surface area contributed by atoms with E-state index in [0.717, 1.165) is 34.9 Å². The number of fused-ring (bicyclic) bond motifs is 1. The molecule has 1 aromatic heterocycles. The molecule has 1 aliphatic heterocycles. The summed E-state index contributed by atoms with van der Waals surface area (Å²) in [6.07, 6.45) is -0.594. The second kappa shape index (κ2) is 9.31. The minimum absolute atomic E-state index is 0.257. The van der Waals surface area contributed by atoms with E-state index in [1.165, 1.54) is 4.88 Å². The quantitative estimate of drug-likeness (QED) is 0.571. The number of benzene rings is 2. The fraction of sp³-hybridized carbons (Fsp3) is 0.304. The molecule has 1 atom stereocenters. The number of para-hydroxylation sites is 1. The van der Waals surface area contributed by atoms with Crippen molar-refractivity contribution in [2.45, 2.75) is 26.1 Å². The minimum atomic E-state index is -0.594. The number of aliphatic hydroxyl groups excluding tert-OH is 1. The van der Waals surface area contributed by atoms with E-state index in [9.17, 15) is 5.11 Å². The van der Waals surface area contributed by atoms with Crippen molar-refractivity contribution in [3.8, 4) is 17.2 Å². The Balaban J connectivity index is 1.40. The standard InChI is InChI=1S/C23H25NO4S/c1-17-5-2-3-7-21(17)26-15-19(25)13-24(14-20-6-4-10-29-20)12-18-8-9-22-23(11-18)28-16-27-22/h2-11,19,25H,12-16H2,1H3/t19-/m1/s1. The van der Waals surface area contributed by atoms with Crippen LogP contribution in [0.25, 0.3) is 0 Å². The van der Waals surface area contributed by atoms with E-state index in [0.29, 0.717) is 13.1 Å². The zero-order chi connectivity index (χ0) is 20.1. The van der Waals surface area contributed by atoms with Crippen LogP contribution in [0.3, 0.4) is 0 Å². The van der Waals surface area contributed by atoms with Crippen LogP contribution in [0.15, 0.2) is 60.0 Å². The van der Waals surface area contributed by atoms with Crippen molar-refractivity contribution in [3.63, 3.8) is 0 Å². The zero-order valence-electron chi connectivity index (χ0n) is 16.4. The molecule has 0 aliphatic carbocycles. The van der Waals surface area contributed by atoms with Gasteiger partial charge in [-0.25, -0.2) is 0 Å². The molecule has 0 bridgehead atoms. The Labute approximate surface area is 175 Å². The lowest BCUT2D eigenvalue weighted by Gasteiger charge is -2.25. The maximum Gasteiger partial charge on any atom is 0.231 e. The lowest BCUT2D eigenvalue weighted by molar-refractivity contribution is 0.0629. The minimum Gasteiger partial charge on any atom is -0.491 e. The van der Waals surface area contributed by atoms with Crippen molar-refractivity contribution in [3.05, 3.63) is 76.0 Å². The summed E-state index contributed by atoms with van der Waals surface area (Å²) in [5.74, 6) is 2.37. The van der Waals surface area contributed by atoms with Gasteiger partial charge in [-0.05, 0) is 47.7 Å². The molecule has 0 fully saturated rings. The maximum atomic E-state index is 10.6. The largest absolute Gasteiger partial charge is 0.491 e. The van der Waals surface area contributed by atoms with Crippen LogP contribution in [0.2, 0.25) is 0 Å². The molecule has 0 saturated heterocycles. The van der Waals surface area contributed by atoms with Gasteiger partial charge in [0.15, 0.2) is 11.5 Å². The Hall–Kier alpha value is -2.54. The summed E-state index contributed by atoms with van der Waals surface area (Å²) in [7, 11) is 0. The van der Waals surface area contributed by atoms with Gasteiger partial charge in [-0.1, -0.05) is 30.3 Å². The third-order valence-corrected chi connectivity index (χ3v) is 5.66. The average Bonchev–Trinajstić information content (AvgIpc) is 3.38. The molecule has 0 amide bonds. The molecule has 4 rings (SSSR count). The molecule has 152 valence electrons. The molecule has 0 unspecified atom stereocenters. The molecule has 6 heteroatoms. The highest BCUT2D eigenvalue weighted by Gasteiger charge is 2.18. The van der Waals surface area contributed by atoms with E-state index in [4.69, 9.17) is 14.2 Å². The van der Waals surface area contributed by atoms with Gasteiger partial charge in [-0.2, -0.15) is 0 Å². The van der Waals surface area contributed by atoms with Crippen LogP contribution in [-0.2, 0) is 13.1 Å². The van der Waals surface area contributed by atoms with Crippen LogP contribution < -0.4 is 14.2 Å². The number of aryl methyl sites for hydroxylation is 1. The fourth-order valence-corrected chi connectivity index (χ4v) is 4.11. The molecular weight excluding hydrogens is 386 g/mol. The van der Waals surface area contributed by atoms with E-state index in [1.807, 2.05) is 49.4 Å². The molecule has 0 radical (unpaired) electrons. The summed E-state index contributed by atoms with van der Waals surface area (Å²) in [5.41, 5.74) is 2.19. The molecule has 3 aromatic rings. The van der Waals surface area contributed by atoms with Gasteiger partial charge < -0.3 is 19.3 Å². The van der Waals surface area contributed by atoms with Crippen molar-refractivity contribution in [1.29, 1.82) is 0 Å². The van der Waals surface area contributed by atoms with Crippen LogP contribution in [0, 0.1) is 6.92 Å². The van der Waals surface area contributed by atoms with Crippen LogP contribution in [0.4, 0.5) is 0 Å². The summed E-state index contributed by atoms with van der Waals surface area (Å²) in [5, 5.41) is 12.7. The van der Waals surface area contributed by atoms with Gasteiger partial charge in [0.05, 0.1) is 0 Å². The SMILES string of the molecule is Cc1ccccc1OC[C@H](O)CN(Cc1ccc2c(c1)OCO2)Cc1cccs1. The molecule has 1 aliphatic rings. The van der Waals surface area contributed by atoms with Gasteiger partial charge in [0, 0.05) is 24.5 Å². The molecular formula is C23H25NO4S. The van der Waals surface area contributed by atoms with Crippen molar-refractivity contribution >= 4 is 11.3 Å². The zero-order valence-corrected chi connectivity index (χ0v) is 17.2. The summed E-state index contributed by atoms with van der Waals surface area (Å²) in [6, 6.07) is 18.0. The van der Waals surface area contributed by atoms with Gasteiger partial charge in [0.2, 0.25) is 6.79 Å². The Morgan fingerprint density at radius 3 is 2.76 bits per heavy atom. The predicted octanol–water partition coefficient (Wildman–Crippen LogP) is 4.23. The highest BCUT2D eigenvalue weighted by molar-refractivity contribution is 7.09. The predicted molar refractivity (Wildman–Crippen MR) is 114 cm³/mol. The van der Waals surface area contributed by atoms with Gasteiger partial charge in [-0.3, -0.25) is 4.90 Å². The molecule has 2 heterocycles. The maximum absolute atomic E-state index is 10.6. The van der Waals surface area contributed by atoms with Gasteiger partial charge in [0.25, 0.3) is 0 Å². The van der Waals surface area contributed by atoms with Gasteiger partial charge >= 0.3 is 0 Å². The first-order valence-corrected chi connectivity index (χ1v) is 10.5. The van der Waals surface area contributed by atoms with Crippen LogP contribution in [0.1, 0.15) is 16.0 Å². The number of aliphatic hydroxyl groups is 1. The number of hydrogen-bond acceptors (Lipinski definition) is 6. The monoisotopic (exact) mass is 411 g/mol. The third-order valence-electron chi connectivity index (χ3n) is 4.80. The number of nitrogens with zero attached hydrogens (tertiary/aromatic N) is 1. The summed E-state index contributed by atoms with van der Waals surface area (Å²) >= 11 is 1.72. The van der Waals surface area contributed by atoms with Crippen molar-refractivity contribution in [2.24, 2.45) is 0 Å². The van der Waals surface area contributed by atoms with Gasteiger partial charge in [-0.15, -0.1) is 11.3 Å². The summed E-state index contributed by atoms with van der Waals surface area (Å²) < 4.78 is 16.7. The number of ether oxygens (including phenoxy) is 3. The Bertz CT molecular complexity index is 928. The van der Waals surface area contributed by atoms with Crippen LogP contribution in [-0.4, -0.2) is 36.1 Å². The van der Waals surface area contributed by atoms with Crippen molar-refractivity contribution in [2.75, 3.05) is 19.9 Å². The van der Waals surface area contributed by atoms with Gasteiger partial charge in [0.1, 0.15) is 18.5 Å². The Kier molecular flexibility index (Phi) is 6.34.